The quantitative estimate of drug-likeness (QED) is 0.503. The van der Waals surface area contributed by atoms with Crippen LogP contribution in [0.1, 0.15) is 5.56 Å². The summed E-state index contributed by atoms with van der Waals surface area (Å²) in [6.45, 7) is 3.78. The van der Waals surface area contributed by atoms with Crippen LogP contribution in [0.5, 0.6) is 0 Å². The number of nitrogens with zero attached hydrogens (tertiary/aromatic N) is 4. The van der Waals surface area contributed by atoms with Crippen molar-refractivity contribution in [2.45, 2.75) is 6.42 Å². The molecule has 8 nitrogen and oxygen atoms in total. The zero-order chi connectivity index (χ0) is 19.3. The van der Waals surface area contributed by atoms with E-state index in [9.17, 15) is 10.1 Å². The van der Waals surface area contributed by atoms with Gasteiger partial charge in [-0.1, -0.05) is 30.3 Å². The van der Waals surface area contributed by atoms with Crippen LogP contribution in [0.3, 0.4) is 0 Å². The first-order valence-electron chi connectivity index (χ1n) is 9.39. The van der Waals surface area contributed by atoms with Crippen LogP contribution >= 0.6 is 0 Å². The van der Waals surface area contributed by atoms with Gasteiger partial charge >= 0.3 is 0 Å². The van der Waals surface area contributed by atoms with Gasteiger partial charge in [-0.25, -0.2) is 9.97 Å². The molecule has 8 heteroatoms. The highest BCUT2D eigenvalue weighted by molar-refractivity contribution is 5.94. The molecule has 0 bridgehead atoms. The number of fused-ring (bicyclic) bond motifs is 1. The molecule has 0 radical (unpaired) electrons. The second-order valence-electron chi connectivity index (χ2n) is 6.74. The molecule has 2 N–H and O–H groups in total. The maximum absolute atomic E-state index is 11.7. The Balaban J connectivity index is 1.63. The Morgan fingerprint density at radius 1 is 1.14 bits per heavy atom. The number of rotatable bonds is 6. The van der Waals surface area contributed by atoms with Crippen LogP contribution in [0, 0.1) is 10.1 Å². The van der Waals surface area contributed by atoms with E-state index in [0.717, 1.165) is 32.6 Å². The van der Waals surface area contributed by atoms with E-state index in [2.05, 4.69) is 32.7 Å². The van der Waals surface area contributed by atoms with Crippen molar-refractivity contribution in [3.8, 4) is 0 Å². The lowest BCUT2D eigenvalue weighted by Crippen LogP contribution is -2.43. The molecule has 0 spiro atoms. The molecule has 1 aliphatic heterocycles. The lowest BCUT2D eigenvalue weighted by Gasteiger charge is -2.29. The first-order valence-corrected chi connectivity index (χ1v) is 9.39. The van der Waals surface area contributed by atoms with Gasteiger partial charge in [0.2, 0.25) is 0 Å². The van der Waals surface area contributed by atoms with E-state index in [-0.39, 0.29) is 10.6 Å². The predicted molar refractivity (Wildman–Crippen MR) is 110 cm³/mol. The van der Waals surface area contributed by atoms with Gasteiger partial charge in [0.15, 0.2) is 0 Å². The van der Waals surface area contributed by atoms with Crippen LogP contribution < -0.4 is 15.5 Å². The molecule has 2 aromatic carbocycles. The van der Waals surface area contributed by atoms with Crippen molar-refractivity contribution < 1.29 is 4.92 Å². The molecule has 2 heterocycles. The summed E-state index contributed by atoms with van der Waals surface area (Å²) in [5.74, 6) is 0.621. The summed E-state index contributed by atoms with van der Waals surface area (Å²) in [4.78, 5) is 22.1. The predicted octanol–water partition coefficient (Wildman–Crippen LogP) is 2.60. The van der Waals surface area contributed by atoms with Gasteiger partial charge in [-0.05, 0) is 18.1 Å². The number of nitro groups is 1. The van der Waals surface area contributed by atoms with Crippen LogP contribution in [-0.4, -0.2) is 47.6 Å². The molecule has 0 unspecified atom stereocenters. The van der Waals surface area contributed by atoms with Crippen molar-refractivity contribution >= 4 is 28.1 Å². The number of hydrogen-bond donors (Lipinski definition) is 2. The molecular weight excluding hydrogens is 356 g/mol. The Hall–Kier alpha value is -3.26. The van der Waals surface area contributed by atoms with Gasteiger partial charge < -0.3 is 15.5 Å². The van der Waals surface area contributed by atoms with E-state index < -0.39 is 0 Å². The first kappa shape index (κ1) is 18.1. The van der Waals surface area contributed by atoms with Crippen LogP contribution in [0.2, 0.25) is 0 Å². The normalized spacial score (nSPS) is 14.2. The number of benzene rings is 2. The van der Waals surface area contributed by atoms with Crippen molar-refractivity contribution in [1.82, 2.24) is 15.3 Å². The Morgan fingerprint density at radius 2 is 1.93 bits per heavy atom. The van der Waals surface area contributed by atoms with Crippen molar-refractivity contribution in [3.63, 3.8) is 0 Å². The third-order valence-electron chi connectivity index (χ3n) is 4.93. The SMILES string of the molecule is O=[N+]([O-])c1cc2c(NCCc3ccccc3)ncnc2cc1N1CCNCC1. The van der Waals surface area contributed by atoms with Gasteiger partial charge in [0.1, 0.15) is 17.8 Å². The topological polar surface area (TPSA) is 96.2 Å². The summed E-state index contributed by atoms with van der Waals surface area (Å²) < 4.78 is 0. The second kappa shape index (κ2) is 8.18. The number of piperazine rings is 1. The fourth-order valence-corrected chi connectivity index (χ4v) is 3.50. The fraction of sp³-hybridized carbons (Fsp3) is 0.300. The molecule has 1 saturated heterocycles. The minimum absolute atomic E-state index is 0.0929. The van der Waals surface area contributed by atoms with Gasteiger partial charge in [-0.2, -0.15) is 0 Å². The molecule has 0 aliphatic carbocycles. The minimum Gasteiger partial charge on any atom is -0.369 e. The van der Waals surface area contributed by atoms with Gasteiger partial charge in [-0.3, -0.25) is 10.1 Å². The molecule has 0 saturated carbocycles. The zero-order valence-corrected chi connectivity index (χ0v) is 15.5. The highest BCUT2D eigenvalue weighted by Crippen LogP contribution is 2.34. The molecule has 1 fully saturated rings. The van der Waals surface area contributed by atoms with E-state index in [4.69, 9.17) is 0 Å². The fourth-order valence-electron chi connectivity index (χ4n) is 3.50. The van der Waals surface area contributed by atoms with E-state index in [0.29, 0.717) is 29.0 Å². The third kappa shape index (κ3) is 3.86. The first-order chi connectivity index (χ1) is 13.7. The highest BCUT2D eigenvalue weighted by atomic mass is 16.6. The number of nitro benzene ring substituents is 1. The summed E-state index contributed by atoms with van der Waals surface area (Å²) in [7, 11) is 0. The molecule has 28 heavy (non-hydrogen) atoms. The maximum atomic E-state index is 11.7. The second-order valence-corrected chi connectivity index (χ2v) is 6.74. The summed E-state index contributed by atoms with van der Waals surface area (Å²) in [6, 6.07) is 13.6. The molecule has 1 aliphatic rings. The van der Waals surface area contributed by atoms with Crippen molar-refractivity contribution in [3.05, 3.63) is 64.5 Å². The molecule has 144 valence electrons. The number of hydrogen-bond acceptors (Lipinski definition) is 7. The highest BCUT2D eigenvalue weighted by Gasteiger charge is 2.23. The van der Waals surface area contributed by atoms with E-state index in [1.807, 2.05) is 29.2 Å². The maximum Gasteiger partial charge on any atom is 0.293 e. The monoisotopic (exact) mass is 378 g/mol. The standard InChI is InChI=1S/C20H22N6O2/c27-26(28)19-12-16-17(13-18(19)25-10-8-21-9-11-25)23-14-24-20(16)22-7-6-15-4-2-1-3-5-15/h1-5,12-14,21H,6-11H2,(H,22,23,24). The summed E-state index contributed by atoms with van der Waals surface area (Å²) in [5.41, 5.74) is 2.64. The van der Waals surface area contributed by atoms with Crippen LogP contribution in [0.4, 0.5) is 17.2 Å². The van der Waals surface area contributed by atoms with Gasteiger partial charge in [-0.15, -0.1) is 0 Å². The number of anilines is 2. The zero-order valence-electron chi connectivity index (χ0n) is 15.5. The Labute approximate surface area is 162 Å². The molecular formula is C20H22N6O2. The molecule has 0 atom stereocenters. The van der Waals surface area contributed by atoms with E-state index >= 15 is 0 Å². The van der Waals surface area contributed by atoms with Crippen LogP contribution in [0.25, 0.3) is 10.9 Å². The largest absolute Gasteiger partial charge is 0.369 e. The van der Waals surface area contributed by atoms with E-state index in [1.165, 1.54) is 11.9 Å². The Kier molecular flexibility index (Phi) is 5.29. The third-order valence-corrected chi connectivity index (χ3v) is 4.93. The average molecular weight is 378 g/mol. The lowest BCUT2D eigenvalue weighted by atomic mass is 10.1. The van der Waals surface area contributed by atoms with Crippen molar-refractivity contribution in [2.24, 2.45) is 0 Å². The lowest BCUT2D eigenvalue weighted by molar-refractivity contribution is -0.384. The summed E-state index contributed by atoms with van der Waals surface area (Å²) in [6.07, 6.45) is 2.34. The number of aromatic nitrogens is 2. The van der Waals surface area contributed by atoms with Gasteiger partial charge in [0.05, 0.1) is 10.4 Å². The molecule has 3 aromatic rings. The Morgan fingerprint density at radius 3 is 2.68 bits per heavy atom. The minimum atomic E-state index is -0.322. The van der Waals surface area contributed by atoms with E-state index in [1.54, 1.807) is 6.07 Å². The van der Waals surface area contributed by atoms with Crippen LogP contribution in [0.15, 0.2) is 48.8 Å². The van der Waals surface area contributed by atoms with Crippen LogP contribution in [-0.2, 0) is 6.42 Å². The summed E-state index contributed by atoms with van der Waals surface area (Å²) in [5, 5.41) is 19.0. The average Bonchev–Trinajstić information content (AvgIpc) is 2.74. The smallest absolute Gasteiger partial charge is 0.293 e. The molecule has 0 amide bonds. The van der Waals surface area contributed by atoms with Crippen molar-refractivity contribution in [1.29, 1.82) is 0 Å². The molecule has 1 aromatic heterocycles. The van der Waals surface area contributed by atoms with Crippen molar-refractivity contribution in [2.75, 3.05) is 42.9 Å². The Bertz CT molecular complexity index is 973. The molecule has 4 rings (SSSR count). The van der Waals surface area contributed by atoms with Gasteiger partial charge in [0, 0.05) is 44.2 Å². The van der Waals surface area contributed by atoms with Gasteiger partial charge in [0.25, 0.3) is 5.69 Å². The summed E-state index contributed by atoms with van der Waals surface area (Å²) >= 11 is 0. The number of nitrogens with one attached hydrogen (secondary N) is 2.